The second-order valence-corrected chi connectivity index (χ2v) is 9.24. The number of hydrogen-bond donors (Lipinski definition) is 3. The van der Waals surface area contributed by atoms with Crippen LogP contribution in [0.15, 0.2) is 30.5 Å². The topological polar surface area (TPSA) is 127 Å². The number of ether oxygens (including phenoxy) is 2. The molecule has 0 bridgehead atoms. The second kappa shape index (κ2) is 8.83. The van der Waals surface area contributed by atoms with E-state index in [4.69, 9.17) is 20.6 Å². The molecular weight excluding hydrogens is 404 g/mol. The van der Waals surface area contributed by atoms with Crippen LogP contribution in [0.3, 0.4) is 0 Å². The van der Waals surface area contributed by atoms with Crippen molar-refractivity contribution >= 4 is 29.0 Å². The SMILES string of the molecule is CC(C)(C)OC(=O)C[C@@H]1C[C@@H](COc2ccc(-c3ncc(C(=N)N)s3)cc2)NC1=O. The third-order valence-electron chi connectivity index (χ3n) is 4.44. The number of thiazole rings is 1. The van der Waals surface area contributed by atoms with Crippen molar-refractivity contribution in [1.82, 2.24) is 10.3 Å². The first kappa shape index (κ1) is 21.8. The van der Waals surface area contributed by atoms with E-state index in [9.17, 15) is 9.59 Å². The Hall–Kier alpha value is -2.94. The largest absolute Gasteiger partial charge is 0.491 e. The maximum absolute atomic E-state index is 12.1. The fraction of sp³-hybridized carbons (Fsp3) is 0.429. The van der Waals surface area contributed by atoms with Gasteiger partial charge in [0, 0.05) is 11.8 Å². The number of rotatable bonds is 7. The summed E-state index contributed by atoms with van der Waals surface area (Å²) in [5.41, 5.74) is 5.83. The predicted molar refractivity (Wildman–Crippen MR) is 115 cm³/mol. The number of nitrogen functional groups attached to an aromatic ring is 1. The summed E-state index contributed by atoms with van der Waals surface area (Å²) >= 11 is 1.36. The van der Waals surface area contributed by atoms with Crippen molar-refractivity contribution in [2.75, 3.05) is 6.61 Å². The van der Waals surface area contributed by atoms with Crippen LogP contribution < -0.4 is 15.8 Å². The van der Waals surface area contributed by atoms with Gasteiger partial charge < -0.3 is 20.5 Å². The van der Waals surface area contributed by atoms with E-state index in [-0.39, 0.29) is 30.2 Å². The molecule has 1 fully saturated rings. The molecule has 1 aliphatic rings. The summed E-state index contributed by atoms with van der Waals surface area (Å²) in [7, 11) is 0. The zero-order valence-electron chi connectivity index (χ0n) is 17.2. The molecule has 2 heterocycles. The molecule has 160 valence electrons. The van der Waals surface area contributed by atoms with Crippen LogP contribution in [0.5, 0.6) is 5.75 Å². The van der Waals surface area contributed by atoms with Crippen LogP contribution in [0.1, 0.15) is 38.5 Å². The number of nitrogens with two attached hydrogens (primary N) is 1. The lowest BCUT2D eigenvalue weighted by molar-refractivity contribution is -0.156. The Labute approximate surface area is 179 Å². The van der Waals surface area contributed by atoms with E-state index in [0.717, 1.165) is 10.6 Å². The van der Waals surface area contributed by atoms with Gasteiger partial charge in [-0.15, -0.1) is 11.3 Å². The standard InChI is InChI=1S/C21H26N4O4S/c1-21(2,3)29-17(26)9-13-8-14(25-19(13)27)11-28-15-6-4-12(5-7-15)20-24-10-16(30-20)18(22)23/h4-7,10,13-14H,8-9,11H2,1-3H3,(H3,22,23)(H,25,27)/t13-,14-/m0/s1. The fourth-order valence-electron chi connectivity index (χ4n) is 3.12. The number of carbonyl (C=O) groups excluding carboxylic acids is 2. The normalized spacial score (nSPS) is 18.7. The smallest absolute Gasteiger partial charge is 0.307 e. The zero-order valence-corrected chi connectivity index (χ0v) is 18.0. The monoisotopic (exact) mass is 430 g/mol. The van der Waals surface area contributed by atoms with E-state index in [2.05, 4.69) is 10.3 Å². The molecular formula is C21H26N4O4S. The number of amidine groups is 1. The number of nitrogens with zero attached hydrogens (tertiary/aromatic N) is 1. The molecule has 30 heavy (non-hydrogen) atoms. The molecule has 0 radical (unpaired) electrons. The van der Waals surface area contributed by atoms with E-state index < -0.39 is 11.5 Å². The molecule has 1 saturated heterocycles. The second-order valence-electron chi connectivity index (χ2n) is 8.21. The van der Waals surface area contributed by atoms with E-state index in [1.807, 2.05) is 24.3 Å². The van der Waals surface area contributed by atoms with Crippen LogP contribution in [0.4, 0.5) is 0 Å². The van der Waals surface area contributed by atoms with Gasteiger partial charge in [0.1, 0.15) is 28.8 Å². The molecule has 4 N–H and O–H groups in total. The van der Waals surface area contributed by atoms with Gasteiger partial charge in [-0.05, 0) is 51.5 Å². The van der Waals surface area contributed by atoms with Gasteiger partial charge in [0.25, 0.3) is 0 Å². The Morgan fingerprint density at radius 2 is 2.03 bits per heavy atom. The number of aromatic nitrogens is 1. The highest BCUT2D eigenvalue weighted by Gasteiger charge is 2.35. The predicted octanol–water partition coefficient (Wildman–Crippen LogP) is 2.71. The molecule has 0 aliphatic carbocycles. The van der Waals surface area contributed by atoms with Gasteiger partial charge in [0.15, 0.2) is 0 Å². The highest BCUT2D eigenvalue weighted by molar-refractivity contribution is 7.16. The van der Waals surface area contributed by atoms with Gasteiger partial charge in [-0.2, -0.15) is 0 Å². The zero-order chi connectivity index (χ0) is 21.9. The van der Waals surface area contributed by atoms with Crippen molar-refractivity contribution in [2.45, 2.75) is 45.3 Å². The molecule has 2 atom stereocenters. The van der Waals surface area contributed by atoms with Gasteiger partial charge in [0.05, 0.1) is 23.3 Å². The molecule has 3 rings (SSSR count). The van der Waals surface area contributed by atoms with Gasteiger partial charge >= 0.3 is 5.97 Å². The number of carbonyl (C=O) groups is 2. The molecule has 1 aromatic heterocycles. The van der Waals surface area contributed by atoms with Crippen LogP contribution in [0.25, 0.3) is 10.6 Å². The minimum Gasteiger partial charge on any atom is -0.491 e. The Morgan fingerprint density at radius 1 is 1.33 bits per heavy atom. The Kier molecular flexibility index (Phi) is 6.40. The number of benzene rings is 1. The number of esters is 1. The first-order valence-corrected chi connectivity index (χ1v) is 10.5. The van der Waals surface area contributed by atoms with Crippen LogP contribution in [0, 0.1) is 11.3 Å². The van der Waals surface area contributed by atoms with E-state index >= 15 is 0 Å². The summed E-state index contributed by atoms with van der Waals surface area (Å²) in [5.74, 6) is -0.227. The summed E-state index contributed by atoms with van der Waals surface area (Å²) in [5, 5.41) is 11.1. The first-order chi connectivity index (χ1) is 14.1. The highest BCUT2D eigenvalue weighted by atomic mass is 32.1. The van der Waals surface area contributed by atoms with Crippen molar-refractivity contribution in [1.29, 1.82) is 5.41 Å². The molecule has 0 saturated carbocycles. The lowest BCUT2D eigenvalue weighted by atomic mass is 10.0. The van der Waals surface area contributed by atoms with Crippen LogP contribution >= 0.6 is 11.3 Å². The summed E-state index contributed by atoms with van der Waals surface area (Å²) in [6.07, 6.45) is 2.19. The average molecular weight is 431 g/mol. The quantitative estimate of drug-likeness (QED) is 0.352. The molecule has 0 spiro atoms. The van der Waals surface area contributed by atoms with E-state index in [1.54, 1.807) is 27.0 Å². The highest BCUT2D eigenvalue weighted by Crippen LogP contribution is 2.27. The Balaban J connectivity index is 1.50. The average Bonchev–Trinajstić information content (AvgIpc) is 3.26. The van der Waals surface area contributed by atoms with Crippen molar-refractivity contribution in [3.8, 4) is 16.3 Å². The Bertz CT molecular complexity index is 933. The van der Waals surface area contributed by atoms with Crippen molar-refractivity contribution < 1.29 is 19.1 Å². The van der Waals surface area contributed by atoms with Crippen molar-refractivity contribution in [3.05, 3.63) is 35.3 Å². The molecule has 0 unspecified atom stereocenters. The van der Waals surface area contributed by atoms with Gasteiger partial charge in [-0.25, -0.2) is 4.98 Å². The lowest BCUT2D eigenvalue weighted by Crippen LogP contribution is -2.31. The van der Waals surface area contributed by atoms with Crippen LogP contribution in [-0.2, 0) is 14.3 Å². The summed E-state index contributed by atoms with van der Waals surface area (Å²) < 4.78 is 11.1. The first-order valence-electron chi connectivity index (χ1n) is 9.66. The summed E-state index contributed by atoms with van der Waals surface area (Å²) in [6, 6.07) is 7.28. The lowest BCUT2D eigenvalue weighted by Gasteiger charge is -2.20. The number of amides is 1. The fourth-order valence-corrected chi connectivity index (χ4v) is 3.90. The maximum Gasteiger partial charge on any atom is 0.307 e. The number of hydrogen-bond acceptors (Lipinski definition) is 7. The molecule has 1 aliphatic heterocycles. The maximum atomic E-state index is 12.1. The van der Waals surface area contributed by atoms with Crippen molar-refractivity contribution in [3.63, 3.8) is 0 Å². The third-order valence-corrected chi connectivity index (χ3v) is 5.52. The van der Waals surface area contributed by atoms with Crippen molar-refractivity contribution in [2.24, 2.45) is 11.7 Å². The minimum atomic E-state index is -0.562. The molecule has 1 aromatic carbocycles. The molecule has 8 nitrogen and oxygen atoms in total. The van der Waals surface area contributed by atoms with Gasteiger partial charge in [0.2, 0.25) is 5.91 Å². The van der Waals surface area contributed by atoms with Gasteiger partial charge in [-0.3, -0.25) is 15.0 Å². The summed E-state index contributed by atoms with van der Waals surface area (Å²) in [4.78, 5) is 29.0. The van der Waals surface area contributed by atoms with E-state index in [1.165, 1.54) is 11.3 Å². The van der Waals surface area contributed by atoms with Crippen LogP contribution in [-0.4, -0.2) is 40.9 Å². The Morgan fingerprint density at radius 3 is 2.63 bits per heavy atom. The molecule has 1 amide bonds. The molecule has 9 heteroatoms. The van der Waals surface area contributed by atoms with Gasteiger partial charge in [-0.1, -0.05) is 0 Å². The summed E-state index contributed by atoms with van der Waals surface area (Å²) in [6.45, 7) is 5.73. The minimum absolute atomic E-state index is 0.00212. The molecule has 2 aromatic rings. The van der Waals surface area contributed by atoms with E-state index in [0.29, 0.717) is 23.7 Å². The van der Waals surface area contributed by atoms with Crippen LogP contribution in [0.2, 0.25) is 0 Å². The third kappa shape index (κ3) is 5.79. The number of nitrogens with one attached hydrogen (secondary N) is 2.